The molecule has 0 saturated heterocycles. The molecule has 1 aliphatic heterocycles. The molecule has 7 nitrogen and oxygen atoms in total. The molecule has 2 heterocycles. The fraction of sp³-hybridized carbons (Fsp3) is 0.800. The maximum Gasteiger partial charge on any atom is 0.193 e. The Kier molecular flexibility index (Phi) is 7.07. The predicted molar refractivity (Wildman–Crippen MR) is 100 cm³/mol. The first kappa shape index (κ1) is 18.4. The van der Waals surface area contributed by atoms with Crippen LogP contribution in [0.4, 0.5) is 0 Å². The highest BCUT2D eigenvalue weighted by Crippen LogP contribution is 2.28. The minimum absolute atomic E-state index is 0. The molecule has 8 heteroatoms. The lowest BCUT2D eigenvalue weighted by atomic mass is 10.4. The van der Waals surface area contributed by atoms with E-state index >= 15 is 0 Å². The van der Waals surface area contributed by atoms with E-state index < -0.39 is 0 Å². The first-order valence-corrected chi connectivity index (χ1v) is 8.18. The molecule has 1 N–H and O–H groups in total. The molecule has 0 amide bonds. The number of hydrogen-bond acceptors (Lipinski definition) is 4. The molecule has 1 aromatic rings. The van der Waals surface area contributed by atoms with E-state index in [4.69, 9.17) is 4.74 Å². The molecule has 0 atom stereocenters. The van der Waals surface area contributed by atoms with Crippen molar-refractivity contribution in [1.82, 2.24) is 25.0 Å². The zero-order chi connectivity index (χ0) is 15.4. The van der Waals surface area contributed by atoms with Crippen molar-refractivity contribution < 1.29 is 4.74 Å². The van der Waals surface area contributed by atoms with Crippen molar-refractivity contribution in [2.75, 3.05) is 33.9 Å². The van der Waals surface area contributed by atoms with Crippen molar-refractivity contribution in [3.63, 3.8) is 0 Å². The second-order valence-electron chi connectivity index (χ2n) is 6.13. The number of aryl methyl sites for hydroxylation is 1. The standard InChI is InChI=1S/C15H26N6O.HI/c1-16-15(20(2)8-9-22-11-12-5-6-12)17-10-14-19-18-13-4-3-7-21(13)14;/h12H,3-11H2,1-2H3,(H,16,17);1H. The van der Waals surface area contributed by atoms with Gasteiger partial charge in [-0.1, -0.05) is 0 Å². The van der Waals surface area contributed by atoms with Gasteiger partial charge >= 0.3 is 0 Å². The van der Waals surface area contributed by atoms with Crippen LogP contribution in [0.5, 0.6) is 0 Å². The second kappa shape index (κ2) is 8.81. The van der Waals surface area contributed by atoms with Gasteiger partial charge in [0, 0.05) is 40.2 Å². The summed E-state index contributed by atoms with van der Waals surface area (Å²) in [5.74, 6) is 3.78. The molecule has 1 saturated carbocycles. The van der Waals surface area contributed by atoms with Crippen LogP contribution in [-0.4, -0.2) is 59.5 Å². The zero-order valence-electron chi connectivity index (χ0n) is 14.0. The van der Waals surface area contributed by atoms with Gasteiger partial charge in [-0.05, 0) is 25.2 Å². The fourth-order valence-corrected chi connectivity index (χ4v) is 2.73. The summed E-state index contributed by atoms with van der Waals surface area (Å²) in [4.78, 5) is 6.42. The number of aliphatic imine (C=N–C) groups is 1. The molecule has 1 aromatic heterocycles. The lowest BCUT2D eigenvalue weighted by Crippen LogP contribution is -2.40. The van der Waals surface area contributed by atoms with Crippen LogP contribution < -0.4 is 5.32 Å². The van der Waals surface area contributed by atoms with E-state index in [0.717, 1.165) is 56.3 Å². The highest BCUT2D eigenvalue weighted by Gasteiger charge is 2.21. The Morgan fingerprint density at radius 3 is 3.00 bits per heavy atom. The number of nitrogens with zero attached hydrogens (tertiary/aromatic N) is 5. The topological polar surface area (TPSA) is 67.6 Å². The zero-order valence-corrected chi connectivity index (χ0v) is 16.3. The monoisotopic (exact) mass is 434 g/mol. The number of nitrogens with one attached hydrogen (secondary N) is 1. The summed E-state index contributed by atoms with van der Waals surface area (Å²) < 4.78 is 7.89. The van der Waals surface area contributed by atoms with E-state index in [0.29, 0.717) is 6.54 Å². The Balaban J connectivity index is 0.00000192. The summed E-state index contributed by atoms with van der Waals surface area (Å²) in [7, 11) is 3.84. The Morgan fingerprint density at radius 2 is 2.26 bits per heavy atom. The highest BCUT2D eigenvalue weighted by molar-refractivity contribution is 14.0. The van der Waals surface area contributed by atoms with Gasteiger partial charge in [0.1, 0.15) is 5.82 Å². The second-order valence-corrected chi connectivity index (χ2v) is 6.13. The van der Waals surface area contributed by atoms with Crippen molar-refractivity contribution >= 4 is 29.9 Å². The van der Waals surface area contributed by atoms with Gasteiger partial charge in [-0.3, -0.25) is 4.99 Å². The minimum atomic E-state index is 0. The van der Waals surface area contributed by atoms with Gasteiger partial charge in [0.25, 0.3) is 0 Å². The quantitative estimate of drug-likeness (QED) is 0.303. The van der Waals surface area contributed by atoms with Gasteiger partial charge in [0.2, 0.25) is 0 Å². The Labute approximate surface area is 154 Å². The van der Waals surface area contributed by atoms with Crippen LogP contribution in [0, 0.1) is 5.92 Å². The van der Waals surface area contributed by atoms with E-state index in [1.807, 2.05) is 7.05 Å². The van der Waals surface area contributed by atoms with Crippen LogP contribution in [0.1, 0.15) is 30.9 Å². The van der Waals surface area contributed by atoms with Crippen LogP contribution in [0.2, 0.25) is 0 Å². The maximum absolute atomic E-state index is 5.68. The number of rotatable bonds is 7. The number of guanidine groups is 1. The number of likely N-dealkylation sites (N-methyl/N-ethyl adjacent to an activating group) is 1. The molecule has 0 radical (unpaired) electrons. The molecule has 130 valence electrons. The number of halogens is 1. The number of ether oxygens (including phenoxy) is 1. The first-order valence-electron chi connectivity index (χ1n) is 8.18. The minimum Gasteiger partial charge on any atom is -0.379 e. The predicted octanol–water partition coefficient (Wildman–Crippen LogP) is 1.28. The molecule has 1 aliphatic carbocycles. The Bertz CT molecular complexity index is 528. The van der Waals surface area contributed by atoms with E-state index in [1.165, 1.54) is 19.3 Å². The molecule has 3 rings (SSSR count). The summed E-state index contributed by atoms with van der Waals surface area (Å²) in [6, 6.07) is 0. The lowest BCUT2D eigenvalue weighted by Gasteiger charge is -2.21. The van der Waals surface area contributed by atoms with Crippen molar-refractivity contribution in [1.29, 1.82) is 0 Å². The first-order chi connectivity index (χ1) is 10.8. The van der Waals surface area contributed by atoms with Gasteiger partial charge in [0.15, 0.2) is 11.8 Å². The largest absolute Gasteiger partial charge is 0.379 e. The molecule has 0 unspecified atom stereocenters. The van der Waals surface area contributed by atoms with E-state index in [-0.39, 0.29) is 24.0 Å². The SMILES string of the molecule is CN=C(NCc1nnc2n1CCC2)N(C)CCOCC1CC1.I. The fourth-order valence-electron chi connectivity index (χ4n) is 2.73. The van der Waals surface area contributed by atoms with Crippen molar-refractivity contribution in [2.45, 2.75) is 38.8 Å². The Morgan fingerprint density at radius 1 is 1.43 bits per heavy atom. The smallest absolute Gasteiger partial charge is 0.193 e. The van der Waals surface area contributed by atoms with Crippen molar-refractivity contribution in [3.05, 3.63) is 11.6 Å². The third kappa shape index (κ3) is 5.03. The summed E-state index contributed by atoms with van der Waals surface area (Å²) in [5, 5.41) is 11.8. The molecule has 23 heavy (non-hydrogen) atoms. The lowest BCUT2D eigenvalue weighted by molar-refractivity contribution is 0.115. The summed E-state index contributed by atoms with van der Waals surface area (Å²) >= 11 is 0. The Hall–Kier alpha value is -0.900. The van der Waals surface area contributed by atoms with Crippen LogP contribution in [-0.2, 0) is 24.2 Å². The van der Waals surface area contributed by atoms with Gasteiger partial charge in [-0.2, -0.15) is 0 Å². The van der Waals surface area contributed by atoms with Gasteiger partial charge in [-0.15, -0.1) is 34.2 Å². The average molecular weight is 434 g/mol. The molecular weight excluding hydrogens is 407 g/mol. The van der Waals surface area contributed by atoms with E-state index in [1.54, 1.807) is 7.05 Å². The molecule has 2 aliphatic rings. The van der Waals surface area contributed by atoms with Crippen LogP contribution in [0.25, 0.3) is 0 Å². The molecule has 0 aromatic carbocycles. The maximum atomic E-state index is 5.68. The van der Waals surface area contributed by atoms with Crippen molar-refractivity contribution in [3.8, 4) is 0 Å². The van der Waals surface area contributed by atoms with Gasteiger partial charge in [0.05, 0.1) is 13.2 Å². The van der Waals surface area contributed by atoms with E-state index in [2.05, 4.69) is 30.0 Å². The third-order valence-corrected chi connectivity index (χ3v) is 4.29. The summed E-state index contributed by atoms with van der Waals surface area (Å²) in [6.45, 7) is 4.18. The molecule has 0 bridgehead atoms. The number of aromatic nitrogens is 3. The van der Waals surface area contributed by atoms with Gasteiger partial charge < -0.3 is 19.5 Å². The molecule has 1 fully saturated rings. The van der Waals surface area contributed by atoms with Gasteiger partial charge in [-0.25, -0.2) is 0 Å². The highest BCUT2D eigenvalue weighted by atomic mass is 127. The molecular formula is C15H27IN6O. The van der Waals surface area contributed by atoms with Crippen LogP contribution >= 0.6 is 24.0 Å². The molecule has 0 spiro atoms. The summed E-state index contributed by atoms with van der Waals surface area (Å²) in [6.07, 6.45) is 4.88. The summed E-state index contributed by atoms with van der Waals surface area (Å²) in [5.41, 5.74) is 0. The number of fused-ring (bicyclic) bond motifs is 1. The van der Waals surface area contributed by atoms with Crippen LogP contribution in [0.3, 0.4) is 0 Å². The van der Waals surface area contributed by atoms with E-state index in [9.17, 15) is 0 Å². The van der Waals surface area contributed by atoms with Crippen molar-refractivity contribution in [2.24, 2.45) is 10.9 Å². The number of hydrogen-bond donors (Lipinski definition) is 1. The van der Waals surface area contributed by atoms with Crippen LogP contribution in [0.15, 0.2) is 4.99 Å². The average Bonchev–Trinajstić information content (AvgIpc) is 3.08. The normalized spacial score (nSPS) is 16.9. The third-order valence-electron chi connectivity index (χ3n) is 4.29.